The minimum Gasteiger partial charge on any atom is -0.351 e. The highest BCUT2D eigenvalue weighted by Crippen LogP contribution is 2.18. The monoisotopic (exact) mass is 310 g/mol. The van der Waals surface area contributed by atoms with Crippen LogP contribution in [0.25, 0.3) is 11.4 Å². The summed E-state index contributed by atoms with van der Waals surface area (Å²) in [5.41, 5.74) is 1.92. The lowest BCUT2D eigenvalue weighted by atomic mass is 10.1. The van der Waals surface area contributed by atoms with E-state index in [2.05, 4.69) is 20.2 Å². The molecule has 1 aliphatic heterocycles. The Labute approximate surface area is 136 Å². The Balaban J connectivity index is 1.63. The van der Waals surface area contributed by atoms with Gasteiger partial charge in [-0.15, -0.1) is 0 Å². The molecule has 3 rings (SSSR count). The molecular weight excluding hydrogens is 288 g/mol. The second-order valence-corrected chi connectivity index (χ2v) is 5.77. The molecule has 0 radical (unpaired) electrons. The van der Waals surface area contributed by atoms with Crippen LogP contribution in [0.1, 0.15) is 29.6 Å². The summed E-state index contributed by atoms with van der Waals surface area (Å²) in [5, 5.41) is 3.01. The van der Waals surface area contributed by atoms with Gasteiger partial charge in [-0.25, -0.2) is 0 Å². The van der Waals surface area contributed by atoms with Crippen molar-refractivity contribution in [2.24, 2.45) is 0 Å². The standard InChI is InChI=1S/C18H22N4O/c23-18(21-11-14-22-12-4-1-5-13-22)15-7-6-10-20-17(15)16-8-2-3-9-19-16/h2-3,6-10H,1,4-5,11-14H2,(H,21,23). The maximum atomic E-state index is 12.5. The zero-order valence-corrected chi connectivity index (χ0v) is 13.2. The molecule has 5 heteroatoms. The minimum absolute atomic E-state index is 0.0873. The van der Waals surface area contributed by atoms with Gasteiger partial charge in [0.15, 0.2) is 0 Å². The lowest BCUT2D eigenvalue weighted by Gasteiger charge is -2.26. The second kappa shape index (κ2) is 7.83. The first-order valence-electron chi connectivity index (χ1n) is 8.21. The highest BCUT2D eigenvalue weighted by Gasteiger charge is 2.15. The number of pyridine rings is 2. The SMILES string of the molecule is O=C(NCCN1CCCCC1)c1cccnc1-c1ccccn1. The van der Waals surface area contributed by atoms with E-state index in [1.807, 2.05) is 18.2 Å². The van der Waals surface area contributed by atoms with E-state index in [9.17, 15) is 4.79 Å². The van der Waals surface area contributed by atoms with Gasteiger partial charge in [-0.3, -0.25) is 14.8 Å². The Bertz CT molecular complexity index is 638. The average molecular weight is 310 g/mol. The van der Waals surface area contributed by atoms with Gasteiger partial charge in [-0.05, 0) is 50.2 Å². The topological polar surface area (TPSA) is 58.1 Å². The predicted molar refractivity (Wildman–Crippen MR) is 90.1 cm³/mol. The second-order valence-electron chi connectivity index (χ2n) is 5.77. The van der Waals surface area contributed by atoms with Crippen molar-refractivity contribution in [1.82, 2.24) is 20.2 Å². The molecule has 23 heavy (non-hydrogen) atoms. The van der Waals surface area contributed by atoms with Crippen molar-refractivity contribution in [1.29, 1.82) is 0 Å². The number of rotatable bonds is 5. The third-order valence-electron chi connectivity index (χ3n) is 4.12. The van der Waals surface area contributed by atoms with E-state index >= 15 is 0 Å². The first-order valence-corrected chi connectivity index (χ1v) is 8.21. The normalized spacial score (nSPS) is 15.3. The number of amides is 1. The molecule has 0 unspecified atom stereocenters. The number of carbonyl (C=O) groups is 1. The van der Waals surface area contributed by atoms with Crippen molar-refractivity contribution in [2.45, 2.75) is 19.3 Å². The molecule has 2 aromatic heterocycles. The van der Waals surface area contributed by atoms with Gasteiger partial charge < -0.3 is 10.2 Å². The van der Waals surface area contributed by atoms with Crippen LogP contribution in [0.2, 0.25) is 0 Å². The van der Waals surface area contributed by atoms with Crippen molar-refractivity contribution >= 4 is 5.91 Å². The predicted octanol–water partition coefficient (Wildman–Crippen LogP) is 2.36. The molecule has 1 N–H and O–H groups in total. The minimum atomic E-state index is -0.0873. The number of hydrogen-bond acceptors (Lipinski definition) is 4. The fourth-order valence-electron chi connectivity index (χ4n) is 2.90. The third-order valence-corrected chi connectivity index (χ3v) is 4.12. The molecule has 0 aromatic carbocycles. The molecule has 3 heterocycles. The largest absolute Gasteiger partial charge is 0.351 e. The summed E-state index contributed by atoms with van der Waals surface area (Å²) < 4.78 is 0. The quantitative estimate of drug-likeness (QED) is 0.921. The van der Waals surface area contributed by atoms with Gasteiger partial charge in [0.2, 0.25) is 0 Å². The van der Waals surface area contributed by atoms with Gasteiger partial charge in [-0.1, -0.05) is 12.5 Å². The Morgan fingerprint density at radius 3 is 2.65 bits per heavy atom. The van der Waals surface area contributed by atoms with Crippen molar-refractivity contribution < 1.29 is 4.79 Å². The van der Waals surface area contributed by atoms with Crippen LogP contribution in [-0.2, 0) is 0 Å². The van der Waals surface area contributed by atoms with E-state index in [0.717, 1.165) is 19.6 Å². The first kappa shape index (κ1) is 15.6. The summed E-state index contributed by atoms with van der Waals surface area (Å²) in [6, 6.07) is 9.20. The van der Waals surface area contributed by atoms with E-state index in [1.54, 1.807) is 24.5 Å². The molecule has 0 atom stereocenters. The summed E-state index contributed by atoms with van der Waals surface area (Å²) in [6.07, 6.45) is 7.25. The summed E-state index contributed by atoms with van der Waals surface area (Å²) in [6.45, 7) is 3.85. The lowest BCUT2D eigenvalue weighted by molar-refractivity contribution is 0.0947. The summed E-state index contributed by atoms with van der Waals surface area (Å²) in [4.78, 5) is 23.5. The van der Waals surface area contributed by atoms with Crippen molar-refractivity contribution in [3.63, 3.8) is 0 Å². The van der Waals surface area contributed by atoms with Crippen LogP contribution in [0.5, 0.6) is 0 Å². The third kappa shape index (κ3) is 4.13. The van der Waals surface area contributed by atoms with Gasteiger partial charge in [0.05, 0.1) is 11.3 Å². The van der Waals surface area contributed by atoms with Crippen molar-refractivity contribution in [3.8, 4) is 11.4 Å². The fraction of sp³-hybridized carbons (Fsp3) is 0.389. The summed E-state index contributed by atoms with van der Waals surface area (Å²) in [5.74, 6) is -0.0873. The molecule has 0 spiro atoms. The van der Waals surface area contributed by atoms with E-state index in [0.29, 0.717) is 23.5 Å². The van der Waals surface area contributed by atoms with E-state index in [-0.39, 0.29) is 5.91 Å². The van der Waals surface area contributed by atoms with Gasteiger partial charge in [0.25, 0.3) is 5.91 Å². The number of carbonyl (C=O) groups excluding carboxylic acids is 1. The summed E-state index contributed by atoms with van der Waals surface area (Å²) >= 11 is 0. The maximum Gasteiger partial charge on any atom is 0.253 e. The average Bonchev–Trinajstić information content (AvgIpc) is 2.63. The van der Waals surface area contributed by atoms with Gasteiger partial charge in [0.1, 0.15) is 5.69 Å². The molecule has 0 bridgehead atoms. The molecule has 1 saturated heterocycles. The fourth-order valence-corrected chi connectivity index (χ4v) is 2.90. The molecule has 0 aliphatic carbocycles. The molecule has 2 aromatic rings. The van der Waals surface area contributed by atoms with Crippen molar-refractivity contribution in [2.75, 3.05) is 26.2 Å². The van der Waals surface area contributed by atoms with Crippen LogP contribution in [0, 0.1) is 0 Å². The smallest absolute Gasteiger partial charge is 0.253 e. The van der Waals surface area contributed by atoms with Crippen LogP contribution in [-0.4, -0.2) is 47.0 Å². The number of hydrogen-bond donors (Lipinski definition) is 1. The van der Waals surface area contributed by atoms with Crippen LogP contribution >= 0.6 is 0 Å². The van der Waals surface area contributed by atoms with Crippen LogP contribution < -0.4 is 5.32 Å². The number of piperidine rings is 1. The highest BCUT2D eigenvalue weighted by molar-refractivity contribution is 5.99. The van der Waals surface area contributed by atoms with Gasteiger partial charge in [-0.2, -0.15) is 0 Å². The zero-order valence-electron chi connectivity index (χ0n) is 13.2. The van der Waals surface area contributed by atoms with E-state index in [1.165, 1.54) is 19.3 Å². The Morgan fingerprint density at radius 1 is 1.04 bits per heavy atom. The van der Waals surface area contributed by atoms with Crippen LogP contribution in [0.3, 0.4) is 0 Å². The molecule has 1 fully saturated rings. The van der Waals surface area contributed by atoms with Crippen LogP contribution in [0.4, 0.5) is 0 Å². The molecule has 1 amide bonds. The maximum absolute atomic E-state index is 12.5. The van der Waals surface area contributed by atoms with Crippen LogP contribution in [0.15, 0.2) is 42.7 Å². The number of aromatic nitrogens is 2. The first-order chi connectivity index (χ1) is 11.3. The number of likely N-dealkylation sites (tertiary alicyclic amines) is 1. The number of nitrogens with one attached hydrogen (secondary N) is 1. The van der Waals surface area contributed by atoms with Crippen molar-refractivity contribution in [3.05, 3.63) is 48.3 Å². The van der Waals surface area contributed by atoms with E-state index < -0.39 is 0 Å². The summed E-state index contributed by atoms with van der Waals surface area (Å²) in [7, 11) is 0. The Hall–Kier alpha value is -2.27. The Kier molecular flexibility index (Phi) is 5.32. The van der Waals surface area contributed by atoms with Gasteiger partial charge >= 0.3 is 0 Å². The molecule has 120 valence electrons. The zero-order chi connectivity index (χ0) is 15.9. The molecular formula is C18H22N4O. The highest BCUT2D eigenvalue weighted by atomic mass is 16.1. The number of nitrogens with zero attached hydrogens (tertiary/aromatic N) is 3. The van der Waals surface area contributed by atoms with Gasteiger partial charge in [0, 0.05) is 25.5 Å². The Morgan fingerprint density at radius 2 is 1.87 bits per heavy atom. The van der Waals surface area contributed by atoms with E-state index in [4.69, 9.17) is 0 Å². The molecule has 1 aliphatic rings. The lowest BCUT2D eigenvalue weighted by Crippen LogP contribution is -2.37. The molecule has 0 saturated carbocycles. The molecule has 5 nitrogen and oxygen atoms in total.